The Morgan fingerprint density at radius 3 is 2.63 bits per heavy atom. The van der Waals surface area contributed by atoms with Crippen LogP contribution in [0.5, 0.6) is 0 Å². The van der Waals surface area contributed by atoms with E-state index in [0.29, 0.717) is 49.4 Å². The zero-order chi connectivity index (χ0) is 24.9. The predicted octanol–water partition coefficient (Wildman–Crippen LogP) is 3.13. The molecule has 0 spiro atoms. The number of pyridine rings is 1. The normalized spacial score (nSPS) is 18.4. The van der Waals surface area contributed by atoms with Crippen LogP contribution in [0.1, 0.15) is 26.7 Å². The summed E-state index contributed by atoms with van der Waals surface area (Å²) in [6.07, 6.45) is 1.98. The van der Waals surface area contributed by atoms with Crippen LogP contribution in [0.15, 0.2) is 36.5 Å². The fourth-order valence-electron chi connectivity index (χ4n) is 4.34. The Balaban J connectivity index is 1.39. The molecule has 9 nitrogen and oxygen atoms in total. The molecule has 10 heteroatoms. The Bertz CT molecular complexity index is 1090. The number of rotatable bonds is 7. The number of halogens is 1. The maximum atomic E-state index is 15.0. The standard InChI is InChI=1S/C25H29FN4O5/c1-3-34-24(32)17-8-10-29(11-9-17)23-7-4-18(13-28-23)21-6-5-19(12-22(21)26)30-15-20(35-25(30)33)14-27-16(2)31/h4-7,12-13,17,20H,3,8-11,14-15H2,1-2H3,(H,27,31)/t20-/m0/s1. The SMILES string of the molecule is CCOC(=O)C1CCN(c2ccc(-c3ccc(N4C[C@H](CNC(C)=O)OC4=O)cc3F)cn2)CC1. The lowest BCUT2D eigenvalue weighted by molar-refractivity contribution is -0.148. The lowest BCUT2D eigenvalue weighted by Crippen LogP contribution is -2.37. The van der Waals surface area contributed by atoms with Gasteiger partial charge in [0, 0.05) is 37.3 Å². The van der Waals surface area contributed by atoms with E-state index in [0.717, 1.165) is 5.82 Å². The minimum absolute atomic E-state index is 0.0772. The summed E-state index contributed by atoms with van der Waals surface area (Å²) in [4.78, 5) is 43.2. The van der Waals surface area contributed by atoms with Gasteiger partial charge in [0.05, 0.1) is 31.3 Å². The average molecular weight is 485 g/mol. The largest absolute Gasteiger partial charge is 0.466 e. The number of ether oxygens (including phenoxy) is 2. The first-order valence-electron chi connectivity index (χ1n) is 11.8. The highest BCUT2D eigenvalue weighted by molar-refractivity contribution is 5.90. The van der Waals surface area contributed by atoms with E-state index < -0.39 is 18.0 Å². The predicted molar refractivity (Wildman–Crippen MR) is 127 cm³/mol. The number of piperidine rings is 1. The Kier molecular flexibility index (Phi) is 7.48. The van der Waals surface area contributed by atoms with Gasteiger partial charge < -0.3 is 19.7 Å². The van der Waals surface area contributed by atoms with Crippen LogP contribution in [0, 0.1) is 11.7 Å². The van der Waals surface area contributed by atoms with Crippen molar-refractivity contribution in [1.29, 1.82) is 0 Å². The van der Waals surface area contributed by atoms with E-state index in [9.17, 15) is 18.8 Å². The van der Waals surface area contributed by atoms with E-state index in [1.165, 1.54) is 17.9 Å². The van der Waals surface area contributed by atoms with Crippen LogP contribution in [-0.2, 0) is 19.1 Å². The third kappa shape index (κ3) is 5.70. The molecular weight excluding hydrogens is 455 g/mol. The molecule has 2 aliphatic heterocycles. The second-order valence-corrected chi connectivity index (χ2v) is 8.64. The third-order valence-electron chi connectivity index (χ3n) is 6.21. The summed E-state index contributed by atoms with van der Waals surface area (Å²) >= 11 is 0. The van der Waals surface area contributed by atoms with Crippen LogP contribution in [0.25, 0.3) is 11.1 Å². The Labute approximate surface area is 203 Å². The van der Waals surface area contributed by atoms with Crippen LogP contribution in [0.2, 0.25) is 0 Å². The fourth-order valence-corrected chi connectivity index (χ4v) is 4.34. The Morgan fingerprint density at radius 2 is 2.00 bits per heavy atom. The molecule has 2 aromatic rings. The molecule has 0 bridgehead atoms. The van der Waals surface area contributed by atoms with Crippen LogP contribution >= 0.6 is 0 Å². The molecule has 1 aromatic heterocycles. The first-order chi connectivity index (χ1) is 16.9. The van der Waals surface area contributed by atoms with Crippen molar-refractivity contribution in [2.24, 2.45) is 5.92 Å². The molecular formula is C25H29FN4O5. The van der Waals surface area contributed by atoms with Crippen molar-refractivity contribution in [2.75, 3.05) is 42.6 Å². The number of cyclic esters (lactones) is 1. The van der Waals surface area contributed by atoms with Crippen LogP contribution in [0.4, 0.5) is 20.7 Å². The summed E-state index contributed by atoms with van der Waals surface area (Å²) in [7, 11) is 0. The average Bonchev–Trinajstić information content (AvgIpc) is 3.23. The fraction of sp³-hybridized carbons (Fsp3) is 0.440. The summed E-state index contributed by atoms with van der Waals surface area (Å²) < 4.78 is 25.3. The highest BCUT2D eigenvalue weighted by Gasteiger charge is 2.33. The first kappa shape index (κ1) is 24.4. The zero-order valence-corrected chi connectivity index (χ0v) is 19.8. The number of amides is 2. The first-order valence-corrected chi connectivity index (χ1v) is 11.8. The summed E-state index contributed by atoms with van der Waals surface area (Å²) in [6.45, 7) is 5.42. The van der Waals surface area contributed by atoms with E-state index in [1.54, 1.807) is 25.3 Å². The smallest absolute Gasteiger partial charge is 0.414 e. The third-order valence-corrected chi connectivity index (χ3v) is 6.21. The van der Waals surface area contributed by atoms with E-state index >= 15 is 0 Å². The molecule has 3 heterocycles. The van der Waals surface area contributed by atoms with Crippen LogP contribution in [0.3, 0.4) is 0 Å². The maximum Gasteiger partial charge on any atom is 0.414 e. The number of nitrogens with one attached hydrogen (secondary N) is 1. The summed E-state index contributed by atoms with van der Waals surface area (Å²) in [5, 5.41) is 2.61. The van der Waals surface area contributed by atoms with Gasteiger partial charge in [-0.15, -0.1) is 0 Å². The molecule has 1 aromatic carbocycles. The van der Waals surface area contributed by atoms with E-state index in [1.807, 2.05) is 12.1 Å². The number of carbonyl (C=O) groups excluding carboxylic acids is 3. The van der Waals surface area contributed by atoms with Crippen molar-refractivity contribution in [3.05, 3.63) is 42.3 Å². The van der Waals surface area contributed by atoms with Gasteiger partial charge in [0.15, 0.2) is 0 Å². The molecule has 2 amide bonds. The number of carbonyl (C=O) groups is 3. The number of nitrogens with zero attached hydrogens (tertiary/aromatic N) is 3. The van der Waals surface area contributed by atoms with Gasteiger partial charge >= 0.3 is 12.1 Å². The van der Waals surface area contributed by atoms with Gasteiger partial charge in [0.25, 0.3) is 0 Å². The van der Waals surface area contributed by atoms with Gasteiger partial charge in [0.1, 0.15) is 17.7 Å². The van der Waals surface area contributed by atoms with Crippen molar-refractivity contribution in [2.45, 2.75) is 32.8 Å². The number of esters is 1. The van der Waals surface area contributed by atoms with Crippen LogP contribution < -0.4 is 15.1 Å². The quantitative estimate of drug-likeness (QED) is 0.603. The zero-order valence-electron chi connectivity index (χ0n) is 19.8. The molecule has 0 aliphatic carbocycles. The van der Waals surface area contributed by atoms with Gasteiger partial charge in [-0.1, -0.05) is 0 Å². The Morgan fingerprint density at radius 1 is 1.23 bits per heavy atom. The van der Waals surface area contributed by atoms with Gasteiger partial charge in [-0.25, -0.2) is 14.2 Å². The van der Waals surface area contributed by atoms with Crippen molar-refractivity contribution in [1.82, 2.24) is 10.3 Å². The second kappa shape index (κ2) is 10.7. The van der Waals surface area contributed by atoms with Gasteiger partial charge in [-0.2, -0.15) is 0 Å². The summed E-state index contributed by atoms with van der Waals surface area (Å²) in [5.41, 5.74) is 1.37. The van der Waals surface area contributed by atoms with E-state index in [2.05, 4.69) is 15.2 Å². The number of aromatic nitrogens is 1. The molecule has 2 fully saturated rings. The molecule has 186 valence electrons. The number of hydrogen-bond donors (Lipinski definition) is 1. The number of hydrogen-bond acceptors (Lipinski definition) is 7. The Hall–Kier alpha value is -3.69. The van der Waals surface area contributed by atoms with E-state index in [4.69, 9.17) is 9.47 Å². The minimum atomic E-state index is -0.578. The van der Waals surface area contributed by atoms with Gasteiger partial charge in [0.2, 0.25) is 5.91 Å². The molecule has 35 heavy (non-hydrogen) atoms. The summed E-state index contributed by atoms with van der Waals surface area (Å²) in [6, 6.07) is 8.23. The van der Waals surface area contributed by atoms with Gasteiger partial charge in [-0.3, -0.25) is 14.5 Å². The summed E-state index contributed by atoms with van der Waals surface area (Å²) in [5.74, 6) is -0.134. The van der Waals surface area contributed by atoms with Gasteiger partial charge in [-0.05, 0) is 50.1 Å². The molecule has 0 unspecified atom stereocenters. The van der Waals surface area contributed by atoms with Crippen molar-refractivity contribution in [3.8, 4) is 11.1 Å². The molecule has 2 saturated heterocycles. The van der Waals surface area contributed by atoms with E-state index in [-0.39, 0.29) is 30.9 Å². The van der Waals surface area contributed by atoms with Crippen molar-refractivity contribution < 1.29 is 28.2 Å². The molecule has 0 radical (unpaired) electrons. The molecule has 1 atom stereocenters. The molecule has 2 aliphatic rings. The minimum Gasteiger partial charge on any atom is -0.466 e. The molecule has 1 N–H and O–H groups in total. The molecule has 0 saturated carbocycles. The highest BCUT2D eigenvalue weighted by atomic mass is 19.1. The molecule has 4 rings (SSSR count). The van der Waals surface area contributed by atoms with Crippen molar-refractivity contribution >= 4 is 29.5 Å². The van der Waals surface area contributed by atoms with Crippen LogP contribution in [-0.4, -0.2) is 61.8 Å². The lowest BCUT2D eigenvalue weighted by atomic mass is 9.97. The number of anilines is 2. The maximum absolute atomic E-state index is 15.0. The second-order valence-electron chi connectivity index (χ2n) is 8.64. The van der Waals surface area contributed by atoms with Crippen molar-refractivity contribution in [3.63, 3.8) is 0 Å². The monoisotopic (exact) mass is 484 g/mol. The lowest BCUT2D eigenvalue weighted by Gasteiger charge is -2.31. The highest BCUT2D eigenvalue weighted by Crippen LogP contribution is 2.30. The topological polar surface area (TPSA) is 101 Å². The number of benzene rings is 1.